The van der Waals surface area contributed by atoms with Crippen LogP contribution < -0.4 is 10.9 Å². The van der Waals surface area contributed by atoms with E-state index in [4.69, 9.17) is 4.74 Å². The standard InChI is InChI=1S/C25H29N3O4S2/c1-3-28-23(30)16-10-8-9-12-18(16)26-25(28)33-15-14-20(29)27-22-21(24(31)32-4-2)17-11-6-5-7-13-19(17)34-22/h8-10,12H,3-7,11,13-15H2,1-2H3,(H,27,29). The molecule has 0 aliphatic heterocycles. The highest BCUT2D eigenvalue weighted by atomic mass is 32.2. The van der Waals surface area contributed by atoms with E-state index in [-0.39, 0.29) is 23.9 Å². The first-order valence-corrected chi connectivity index (χ1v) is 13.6. The average Bonchev–Trinajstić information content (AvgIpc) is 2.99. The maximum Gasteiger partial charge on any atom is 0.341 e. The molecule has 0 bridgehead atoms. The molecule has 1 aliphatic rings. The third-order valence-corrected chi connectivity index (χ3v) is 8.04. The maximum absolute atomic E-state index is 12.8. The minimum atomic E-state index is -0.362. The summed E-state index contributed by atoms with van der Waals surface area (Å²) in [5, 5.41) is 4.75. The Morgan fingerprint density at radius 3 is 2.76 bits per heavy atom. The van der Waals surface area contributed by atoms with Crippen LogP contribution in [0.2, 0.25) is 0 Å². The van der Waals surface area contributed by atoms with Gasteiger partial charge in [0.1, 0.15) is 5.00 Å². The number of nitrogens with one attached hydrogen (secondary N) is 1. The Balaban J connectivity index is 1.47. The lowest BCUT2D eigenvalue weighted by atomic mass is 10.1. The number of para-hydroxylation sites is 1. The predicted molar refractivity (Wildman–Crippen MR) is 137 cm³/mol. The van der Waals surface area contributed by atoms with Crippen molar-refractivity contribution in [2.75, 3.05) is 17.7 Å². The van der Waals surface area contributed by atoms with Crippen LogP contribution in [0.15, 0.2) is 34.2 Å². The minimum absolute atomic E-state index is 0.0702. The molecular formula is C25H29N3O4S2. The maximum atomic E-state index is 12.8. The van der Waals surface area contributed by atoms with Crippen molar-refractivity contribution in [3.8, 4) is 0 Å². The molecule has 0 spiro atoms. The molecule has 1 N–H and O–H groups in total. The molecule has 2 aromatic heterocycles. The fraction of sp³-hybridized carbons (Fsp3) is 0.440. The van der Waals surface area contributed by atoms with Crippen molar-refractivity contribution in [2.45, 2.75) is 64.1 Å². The predicted octanol–water partition coefficient (Wildman–Crippen LogP) is 5.04. The number of amides is 1. The van der Waals surface area contributed by atoms with Crippen LogP contribution in [-0.2, 0) is 28.9 Å². The van der Waals surface area contributed by atoms with Crippen LogP contribution >= 0.6 is 23.1 Å². The number of carbonyl (C=O) groups is 2. The molecule has 180 valence electrons. The zero-order chi connectivity index (χ0) is 24.1. The molecule has 1 amide bonds. The van der Waals surface area contributed by atoms with Crippen LogP contribution in [0.3, 0.4) is 0 Å². The van der Waals surface area contributed by atoms with Gasteiger partial charge in [-0.3, -0.25) is 14.2 Å². The monoisotopic (exact) mass is 499 g/mol. The smallest absolute Gasteiger partial charge is 0.341 e. The number of aryl methyl sites for hydroxylation is 1. The minimum Gasteiger partial charge on any atom is -0.462 e. The first-order valence-electron chi connectivity index (χ1n) is 11.8. The van der Waals surface area contributed by atoms with Crippen molar-refractivity contribution in [2.24, 2.45) is 0 Å². The van der Waals surface area contributed by atoms with Crippen LogP contribution in [0.5, 0.6) is 0 Å². The van der Waals surface area contributed by atoms with Gasteiger partial charge in [0.05, 0.1) is 23.1 Å². The van der Waals surface area contributed by atoms with E-state index in [0.717, 1.165) is 37.7 Å². The zero-order valence-electron chi connectivity index (χ0n) is 19.5. The van der Waals surface area contributed by atoms with Crippen molar-refractivity contribution in [3.05, 3.63) is 50.6 Å². The van der Waals surface area contributed by atoms with E-state index in [1.165, 1.54) is 28.0 Å². The third kappa shape index (κ3) is 5.20. The van der Waals surface area contributed by atoms with E-state index in [2.05, 4.69) is 10.3 Å². The Bertz CT molecular complexity index is 1270. The Hall–Kier alpha value is -2.65. The number of aromatic nitrogens is 2. The molecule has 7 nitrogen and oxygen atoms in total. The van der Waals surface area contributed by atoms with Crippen molar-refractivity contribution in [1.82, 2.24) is 9.55 Å². The summed E-state index contributed by atoms with van der Waals surface area (Å²) in [4.78, 5) is 44.1. The molecule has 0 saturated heterocycles. The highest BCUT2D eigenvalue weighted by Gasteiger charge is 2.26. The van der Waals surface area contributed by atoms with E-state index in [9.17, 15) is 14.4 Å². The fourth-order valence-corrected chi connectivity index (χ4v) is 6.51. The molecule has 0 fully saturated rings. The van der Waals surface area contributed by atoms with Gasteiger partial charge in [-0.2, -0.15) is 0 Å². The largest absolute Gasteiger partial charge is 0.462 e. The third-order valence-electron chi connectivity index (χ3n) is 5.86. The summed E-state index contributed by atoms with van der Waals surface area (Å²) in [6.45, 7) is 4.50. The van der Waals surface area contributed by atoms with E-state index in [0.29, 0.717) is 45.5 Å². The van der Waals surface area contributed by atoms with Crippen LogP contribution in [-0.4, -0.2) is 33.8 Å². The second-order valence-electron chi connectivity index (χ2n) is 8.10. The van der Waals surface area contributed by atoms with Gasteiger partial charge in [0.15, 0.2) is 5.16 Å². The van der Waals surface area contributed by atoms with E-state index in [1.54, 1.807) is 17.6 Å². The summed E-state index contributed by atoms with van der Waals surface area (Å²) in [6, 6.07) is 7.29. The number of hydrogen-bond acceptors (Lipinski definition) is 7. The molecule has 3 aromatic rings. The Labute approximate surface area is 206 Å². The second-order valence-corrected chi connectivity index (χ2v) is 10.3. The number of carbonyl (C=O) groups excluding carboxylic acids is 2. The Morgan fingerprint density at radius 2 is 1.97 bits per heavy atom. The van der Waals surface area contributed by atoms with E-state index in [1.807, 2.05) is 25.1 Å². The first-order chi connectivity index (χ1) is 16.5. The van der Waals surface area contributed by atoms with Gasteiger partial charge in [-0.1, -0.05) is 30.3 Å². The molecule has 0 radical (unpaired) electrons. The average molecular weight is 500 g/mol. The zero-order valence-corrected chi connectivity index (χ0v) is 21.2. The summed E-state index contributed by atoms with van der Waals surface area (Å²) in [5.41, 5.74) is 2.15. The van der Waals surface area contributed by atoms with Crippen molar-refractivity contribution in [1.29, 1.82) is 0 Å². The number of thioether (sulfide) groups is 1. The van der Waals surface area contributed by atoms with E-state index < -0.39 is 0 Å². The lowest BCUT2D eigenvalue weighted by molar-refractivity contribution is -0.115. The van der Waals surface area contributed by atoms with Crippen molar-refractivity contribution in [3.63, 3.8) is 0 Å². The number of thiophene rings is 1. The molecule has 1 aromatic carbocycles. The molecular weight excluding hydrogens is 470 g/mol. The van der Waals surface area contributed by atoms with E-state index >= 15 is 0 Å². The lowest BCUT2D eigenvalue weighted by Crippen LogP contribution is -2.22. The molecule has 34 heavy (non-hydrogen) atoms. The quantitative estimate of drug-likeness (QED) is 0.202. The molecule has 4 rings (SSSR count). The number of rotatable bonds is 8. The normalized spacial score (nSPS) is 13.4. The van der Waals surface area contributed by atoms with Gasteiger partial charge in [-0.15, -0.1) is 11.3 Å². The highest BCUT2D eigenvalue weighted by molar-refractivity contribution is 7.99. The van der Waals surface area contributed by atoms with Gasteiger partial charge in [-0.25, -0.2) is 9.78 Å². The summed E-state index contributed by atoms with van der Waals surface area (Å²) in [7, 11) is 0. The Morgan fingerprint density at radius 1 is 1.18 bits per heavy atom. The first kappa shape index (κ1) is 24.5. The van der Waals surface area contributed by atoms with Crippen LogP contribution in [0, 0.1) is 0 Å². The van der Waals surface area contributed by atoms with Crippen LogP contribution in [0.25, 0.3) is 10.9 Å². The van der Waals surface area contributed by atoms with Gasteiger partial charge >= 0.3 is 5.97 Å². The number of benzene rings is 1. The summed E-state index contributed by atoms with van der Waals surface area (Å²) >= 11 is 2.89. The number of nitrogens with zero attached hydrogens (tertiary/aromatic N) is 2. The topological polar surface area (TPSA) is 90.3 Å². The molecule has 2 heterocycles. The van der Waals surface area contributed by atoms with Crippen LogP contribution in [0.1, 0.15) is 60.3 Å². The molecule has 9 heteroatoms. The molecule has 1 aliphatic carbocycles. The summed E-state index contributed by atoms with van der Waals surface area (Å²) < 4.78 is 6.94. The number of hydrogen-bond donors (Lipinski definition) is 1. The Kier molecular flexibility index (Phi) is 8.05. The highest BCUT2D eigenvalue weighted by Crippen LogP contribution is 2.38. The van der Waals surface area contributed by atoms with Gasteiger partial charge in [0.2, 0.25) is 5.91 Å². The molecule has 0 unspecified atom stereocenters. The van der Waals surface area contributed by atoms with Gasteiger partial charge in [0.25, 0.3) is 5.56 Å². The second kappa shape index (κ2) is 11.2. The van der Waals surface area contributed by atoms with Gasteiger partial charge in [-0.05, 0) is 57.2 Å². The molecule has 0 atom stereocenters. The van der Waals surface area contributed by atoms with Crippen molar-refractivity contribution >= 4 is 50.9 Å². The van der Waals surface area contributed by atoms with Crippen LogP contribution in [0.4, 0.5) is 5.00 Å². The number of esters is 1. The number of anilines is 1. The number of ether oxygens (including phenoxy) is 1. The number of fused-ring (bicyclic) bond motifs is 2. The van der Waals surface area contributed by atoms with Crippen molar-refractivity contribution < 1.29 is 14.3 Å². The SMILES string of the molecule is CCOC(=O)c1c(NC(=O)CCSc2nc3ccccc3c(=O)n2CC)sc2c1CCCCC2. The lowest BCUT2D eigenvalue weighted by Gasteiger charge is -2.11. The summed E-state index contributed by atoms with van der Waals surface area (Å²) in [6.07, 6.45) is 5.29. The van der Waals surface area contributed by atoms with Gasteiger partial charge in [0, 0.05) is 23.6 Å². The van der Waals surface area contributed by atoms with Gasteiger partial charge < -0.3 is 10.1 Å². The molecule has 0 saturated carbocycles. The fourth-order valence-electron chi connectivity index (χ4n) is 4.21. The summed E-state index contributed by atoms with van der Waals surface area (Å²) in [5.74, 6) is -0.0595.